The van der Waals surface area contributed by atoms with Crippen molar-refractivity contribution in [3.05, 3.63) is 41.7 Å². The number of carboxylic acid groups (broad SMARTS) is 1. The lowest BCUT2D eigenvalue weighted by Gasteiger charge is -2.13. The third kappa shape index (κ3) is 10.5. The van der Waals surface area contributed by atoms with E-state index in [2.05, 4.69) is 15.6 Å². The Bertz CT molecular complexity index is 838. The van der Waals surface area contributed by atoms with Crippen LogP contribution in [-0.4, -0.2) is 45.1 Å². The van der Waals surface area contributed by atoms with E-state index in [0.29, 0.717) is 13.0 Å². The second-order valence-electron chi connectivity index (χ2n) is 8.30. The molecule has 0 bridgehead atoms. The molecule has 0 fully saturated rings. The molecule has 0 aliphatic carbocycles. The number of likely N-dealkylation sites (N-methyl/N-ethyl adjacent to an activating group) is 1. The maximum atomic E-state index is 11.4. The van der Waals surface area contributed by atoms with Crippen molar-refractivity contribution in [2.45, 2.75) is 83.4 Å². The Kier molecular flexibility index (Phi) is 12.0. The Hall–Kier alpha value is -2.94. The van der Waals surface area contributed by atoms with E-state index in [1.807, 2.05) is 28.9 Å². The first kappa shape index (κ1) is 26.3. The number of nitrogens with one attached hydrogen (secondary N) is 1. The minimum Gasteiger partial charge on any atom is -0.487 e. The van der Waals surface area contributed by atoms with Gasteiger partial charge in [-0.3, -0.25) is 9.59 Å². The molecule has 1 heterocycles. The summed E-state index contributed by atoms with van der Waals surface area (Å²) >= 11 is 0. The van der Waals surface area contributed by atoms with Crippen LogP contribution in [0.3, 0.4) is 0 Å². The number of aliphatic carboxylic acids is 1. The second-order valence-corrected chi connectivity index (χ2v) is 8.30. The molecule has 2 aromatic rings. The molecule has 1 aromatic heterocycles. The number of primary amides is 1. The molecule has 0 saturated heterocycles. The fourth-order valence-electron chi connectivity index (χ4n) is 3.64. The number of amides is 1. The quantitative estimate of drug-likeness (QED) is 0.292. The van der Waals surface area contributed by atoms with Gasteiger partial charge in [-0.15, -0.1) is 5.10 Å². The lowest BCUT2D eigenvalue weighted by Crippen LogP contribution is -2.40. The normalized spacial score (nSPS) is 11.9. The van der Waals surface area contributed by atoms with Crippen molar-refractivity contribution in [2.75, 3.05) is 7.05 Å². The number of nitrogens with zero attached hydrogens (tertiary/aromatic N) is 3. The lowest BCUT2D eigenvalue weighted by atomic mass is 10.1. The number of aromatic nitrogens is 3. The van der Waals surface area contributed by atoms with Crippen LogP contribution in [-0.2, 0) is 29.2 Å². The first-order valence-electron chi connectivity index (χ1n) is 11.8. The van der Waals surface area contributed by atoms with Crippen molar-refractivity contribution in [1.82, 2.24) is 20.3 Å². The van der Waals surface area contributed by atoms with Crippen LogP contribution < -0.4 is 15.8 Å². The van der Waals surface area contributed by atoms with Crippen molar-refractivity contribution >= 4 is 11.9 Å². The average molecular weight is 460 g/mol. The molecule has 1 aromatic carbocycles. The zero-order valence-electron chi connectivity index (χ0n) is 19.5. The van der Waals surface area contributed by atoms with Crippen LogP contribution in [0.2, 0.25) is 0 Å². The minimum atomic E-state index is -0.703. The first-order valence-corrected chi connectivity index (χ1v) is 11.8. The van der Waals surface area contributed by atoms with Gasteiger partial charge >= 0.3 is 5.97 Å². The number of nitrogens with two attached hydrogens (primary N) is 1. The van der Waals surface area contributed by atoms with Gasteiger partial charge in [0, 0.05) is 13.0 Å². The number of unbranched alkanes of at least 4 members (excludes halogenated alkanes) is 7. The van der Waals surface area contributed by atoms with Gasteiger partial charge in [-0.1, -0.05) is 55.9 Å². The Balaban J connectivity index is 1.63. The molecule has 2 rings (SSSR count). The highest BCUT2D eigenvalue weighted by molar-refractivity contribution is 5.80. The van der Waals surface area contributed by atoms with Gasteiger partial charge in [-0.25, -0.2) is 4.68 Å². The summed E-state index contributed by atoms with van der Waals surface area (Å²) in [6.07, 6.45) is 11.1. The predicted octanol–water partition coefficient (Wildman–Crippen LogP) is 3.07. The van der Waals surface area contributed by atoms with Crippen LogP contribution in [0.15, 0.2) is 30.5 Å². The number of rotatable bonds is 18. The van der Waals surface area contributed by atoms with Crippen LogP contribution in [0.1, 0.15) is 69.0 Å². The van der Waals surface area contributed by atoms with Gasteiger partial charge < -0.3 is 20.9 Å². The van der Waals surface area contributed by atoms with Crippen LogP contribution in [0.25, 0.3) is 0 Å². The van der Waals surface area contributed by atoms with Crippen molar-refractivity contribution in [3.8, 4) is 5.75 Å². The van der Waals surface area contributed by atoms with Crippen molar-refractivity contribution in [2.24, 2.45) is 5.73 Å². The summed E-state index contributed by atoms with van der Waals surface area (Å²) in [6.45, 7) is 1.21. The number of carboxylic acids is 1. The molecular formula is C24H37N5O4. The van der Waals surface area contributed by atoms with Crippen LogP contribution in [0.5, 0.6) is 5.75 Å². The Morgan fingerprint density at radius 1 is 1.06 bits per heavy atom. The molecule has 33 heavy (non-hydrogen) atoms. The number of ether oxygens (including phenoxy) is 1. The van der Waals surface area contributed by atoms with E-state index in [-0.39, 0.29) is 18.4 Å². The molecule has 4 N–H and O–H groups in total. The highest BCUT2D eigenvalue weighted by Gasteiger charge is 2.13. The third-order valence-corrected chi connectivity index (χ3v) is 5.65. The molecular weight excluding hydrogens is 422 g/mol. The first-order chi connectivity index (χ1) is 16.0. The topological polar surface area (TPSA) is 132 Å². The summed E-state index contributed by atoms with van der Waals surface area (Å²) in [7, 11) is 1.72. The smallest absolute Gasteiger partial charge is 0.303 e. The molecule has 0 unspecified atom stereocenters. The largest absolute Gasteiger partial charge is 0.487 e. The van der Waals surface area contributed by atoms with Crippen molar-refractivity contribution in [1.29, 1.82) is 0 Å². The SMILES string of the molecule is CN[C@@H](Cc1ccc(OCc2cnnn2CCCCCCCCCCC(=O)O)cc1)C(N)=O. The molecule has 0 saturated carbocycles. The van der Waals surface area contributed by atoms with E-state index in [0.717, 1.165) is 55.7 Å². The molecule has 182 valence electrons. The molecule has 1 atom stereocenters. The average Bonchev–Trinajstić information content (AvgIpc) is 3.25. The summed E-state index contributed by atoms with van der Waals surface area (Å²) in [5, 5.41) is 19.7. The van der Waals surface area contributed by atoms with Gasteiger partial charge in [0.05, 0.1) is 17.9 Å². The fourth-order valence-corrected chi connectivity index (χ4v) is 3.64. The lowest BCUT2D eigenvalue weighted by molar-refractivity contribution is -0.137. The van der Waals surface area contributed by atoms with E-state index >= 15 is 0 Å². The highest BCUT2D eigenvalue weighted by Crippen LogP contribution is 2.16. The predicted molar refractivity (Wildman–Crippen MR) is 126 cm³/mol. The number of aryl methyl sites for hydroxylation is 1. The van der Waals surface area contributed by atoms with E-state index in [9.17, 15) is 9.59 Å². The van der Waals surface area contributed by atoms with Crippen molar-refractivity contribution < 1.29 is 19.4 Å². The van der Waals surface area contributed by atoms with Gasteiger partial charge in [0.1, 0.15) is 12.4 Å². The summed E-state index contributed by atoms with van der Waals surface area (Å²) in [5.41, 5.74) is 7.31. The molecule has 9 heteroatoms. The number of hydrogen-bond acceptors (Lipinski definition) is 6. The van der Waals surface area contributed by atoms with E-state index < -0.39 is 5.97 Å². The summed E-state index contributed by atoms with van der Waals surface area (Å²) < 4.78 is 7.78. The second kappa shape index (κ2) is 15.0. The van der Waals surface area contributed by atoms with Gasteiger partial charge in [-0.2, -0.15) is 0 Å². The van der Waals surface area contributed by atoms with Gasteiger partial charge in [-0.05, 0) is 44.0 Å². The number of benzene rings is 1. The third-order valence-electron chi connectivity index (χ3n) is 5.65. The van der Waals surface area contributed by atoms with Crippen LogP contribution in [0, 0.1) is 0 Å². The van der Waals surface area contributed by atoms with Crippen molar-refractivity contribution in [3.63, 3.8) is 0 Å². The zero-order valence-corrected chi connectivity index (χ0v) is 19.5. The zero-order chi connectivity index (χ0) is 23.9. The maximum absolute atomic E-state index is 11.4. The number of carbonyl (C=O) groups is 2. The van der Waals surface area contributed by atoms with Crippen LogP contribution in [0.4, 0.5) is 0 Å². The highest BCUT2D eigenvalue weighted by atomic mass is 16.5. The Morgan fingerprint density at radius 2 is 1.70 bits per heavy atom. The van der Waals surface area contributed by atoms with E-state index in [4.69, 9.17) is 15.6 Å². The molecule has 0 radical (unpaired) electrons. The van der Waals surface area contributed by atoms with Gasteiger partial charge in [0.25, 0.3) is 0 Å². The molecule has 9 nitrogen and oxygen atoms in total. The molecule has 0 aliphatic heterocycles. The summed E-state index contributed by atoms with van der Waals surface area (Å²) in [6, 6.07) is 7.26. The minimum absolute atomic E-state index is 0.281. The fraction of sp³-hybridized carbons (Fsp3) is 0.583. The summed E-state index contributed by atoms with van der Waals surface area (Å²) in [5.74, 6) is -0.327. The molecule has 0 spiro atoms. The Labute approximate surface area is 195 Å². The summed E-state index contributed by atoms with van der Waals surface area (Å²) in [4.78, 5) is 21.8. The Morgan fingerprint density at radius 3 is 2.30 bits per heavy atom. The van der Waals surface area contributed by atoms with E-state index in [1.54, 1.807) is 13.2 Å². The number of carbonyl (C=O) groups excluding carboxylic acids is 1. The molecule has 1 amide bonds. The van der Waals surface area contributed by atoms with Gasteiger partial charge in [0.2, 0.25) is 5.91 Å². The van der Waals surface area contributed by atoms with Crippen LogP contribution >= 0.6 is 0 Å². The van der Waals surface area contributed by atoms with Gasteiger partial charge in [0.15, 0.2) is 0 Å². The number of hydrogen-bond donors (Lipinski definition) is 3. The maximum Gasteiger partial charge on any atom is 0.303 e. The molecule has 0 aliphatic rings. The van der Waals surface area contributed by atoms with E-state index in [1.165, 1.54) is 19.3 Å². The monoisotopic (exact) mass is 459 g/mol. The standard InChI is InChI=1S/C24H37N5O4/c1-26-22(24(25)32)16-19-11-13-21(14-12-19)33-18-20-17-27-28-29(20)15-9-7-5-3-2-4-6-8-10-23(30)31/h11-14,17,22,26H,2-10,15-16,18H2,1H3,(H2,25,32)(H,30,31)/t22-/m0/s1.